The zero-order valence-corrected chi connectivity index (χ0v) is 14.3. The molecule has 124 valence electrons. The normalized spacial score (nSPS) is 18.9. The SMILES string of the molecule is CCNC(=O)CC1CCCCN1Cc1ncc(-c2cccs2)o1. The second-order valence-electron chi connectivity index (χ2n) is 5.87. The molecular formula is C17H23N3O2S. The zero-order chi connectivity index (χ0) is 16.1. The van der Waals surface area contributed by atoms with Gasteiger partial charge in [-0.05, 0) is 37.8 Å². The predicted octanol–water partition coefficient (Wildman–Crippen LogP) is 3.28. The molecule has 1 aliphatic rings. The molecule has 5 nitrogen and oxygen atoms in total. The van der Waals surface area contributed by atoms with Crippen LogP contribution in [0, 0.1) is 0 Å². The van der Waals surface area contributed by atoms with Gasteiger partial charge in [0.1, 0.15) is 0 Å². The van der Waals surface area contributed by atoms with Gasteiger partial charge in [0.05, 0.1) is 17.6 Å². The van der Waals surface area contributed by atoms with E-state index in [-0.39, 0.29) is 11.9 Å². The van der Waals surface area contributed by atoms with E-state index in [1.807, 2.05) is 24.4 Å². The van der Waals surface area contributed by atoms with E-state index in [9.17, 15) is 4.79 Å². The fourth-order valence-corrected chi connectivity index (χ4v) is 3.74. The molecule has 1 saturated heterocycles. The summed E-state index contributed by atoms with van der Waals surface area (Å²) in [5.74, 6) is 1.69. The van der Waals surface area contributed by atoms with E-state index in [1.165, 1.54) is 12.8 Å². The number of nitrogens with one attached hydrogen (secondary N) is 1. The maximum Gasteiger partial charge on any atom is 0.221 e. The summed E-state index contributed by atoms with van der Waals surface area (Å²) in [5, 5.41) is 4.93. The molecule has 1 amide bonds. The maximum atomic E-state index is 11.9. The standard InChI is InChI=1S/C17H23N3O2S/c1-2-18-16(21)10-13-6-3-4-8-20(13)12-17-19-11-14(22-17)15-7-5-9-23-15/h5,7,9,11,13H,2-4,6,8,10,12H2,1H3,(H,18,21). The number of hydrogen-bond donors (Lipinski definition) is 1. The van der Waals surface area contributed by atoms with Gasteiger partial charge in [-0.3, -0.25) is 9.69 Å². The first-order valence-electron chi connectivity index (χ1n) is 8.25. The Morgan fingerprint density at radius 2 is 2.43 bits per heavy atom. The Hall–Kier alpha value is -1.66. The molecule has 1 aliphatic heterocycles. The zero-order valence-electron chi connectivity index (χ0n) is 13.5. The van der Waals surface area contributed by atoms with Crippen LogP contribution in [0.15, 0.2) is 28.1 Å². The average Bonchev–Trinajstić information content (AvgIpc) is 3.20. The Bertz CT molecular complexity index is 624. The summed E-state index contributed by atoms with van der Waals surface area (Å²) in [6, 6.07) is 4.33. The number of hydrogen-bond acceptors (Lipinski definition) is 5. The fraction of sp³-hybridized carbons (Fsp3) is 0.529. The lowest BCUT2D eigenvalue weighted by atomic mass is 9.99. The lowest BCUT2D eigenvalue weighted by Gasteiger charge is -2.34. The van der Waals surface area contributed by atoms with Crippen molar-refractivity contribution in [3.05, 3.63) is 29.6 Å². The van der Waals surface area contributed by atoms with Gasteiger partial charge in [-0.1, -0.05) is 12.5 Å². The van der Waals surface area contributed by atoms with Crippen molar-refractivity contribution in [3.63, 3.8) is 0 Å². The number of piperidine rings is 1. The van der Waals surface area contributed by atoms with Gasteiger partial charge in [-0.25, -0.2) is 4.98 Å². The highest BCUT2D eigenvalue weighted by Gasteiger charge is 2.26. The second-order valence-corrected chi connectivity index (χ2v) is 6.82. The molecule has 3 heterocycles. The van der Waals surface area contributed by atoms with Gasteiger partial charge < -0.3 is 9.73 Å². The van der Waals surface area contributed by atoms with Gasteiger partial charge in [0.2, 0.25) is 11.8 Å². The highest BCUT2D eigenvalue weighted by Crippen LogP contribution is 2.27. The molecule has 0 bridgehead atoms. The summed E-state index contributed by atoms with van der Waals surface area (Å²) in [6.07, 6.45) is 5.78. The van der Waals surface area contributed by atoms with E-state index in [4.69, 9.17) is 4.42 Å². The molecule has 3 rings (SSSR count). The lowest BCUT2D eigenvalue weighted by molar-refractivity contribution is -0.122. The van der Waals surface area contributed by atoms with Crippen molar-refractivity contribution in [3.8, 4) is 10.6 Å². The quantitative estimate of drug-likeness (QED) is 0.881. The van der Waals surface area contributed by atoms with Crippen molar-refractivity contribution in [1.29, 1.82) is 0 Å². The molecule has 0 spiro atoms. The van der Waals surface area contributed by atoms with Crippen molar-refractivity contribution in [2.24, 2.45) is 0 Å². The third-order valence-corrected chi connectivity index (χ3v) is 5.08. The first-order chi connectivity index (χ1) is 11.3. The van der Waals surface area contributed by atoms with Crippen LogP contribution in [0.2, 0.25) is 0 Å². The predicted molar refractivity (Wildman–Crippen MR) is 91.2 cm³/mol. The molecular weight excluding hydrogens is 310 g/mol. The van der Waals surface area contributed by atoms with Crippen LogP contribution in [0.25, 0.3) is 10.6 Å². The molecule has 1 unspecified atom stereocenters. The number of nitrogens with zero attached hydrogens (tertiary/aromatic N) is 2. The van der Waals surface area contributed by atoms with Crippen molar-refractivity contribution in [2.45, 2.75) is 45.2 Å². The Kier molecular flexibility index (Phi) is 5.46. The molecule has 23 heavy (non-hydrogen) atoms. The van der Waals surface area contributed by atoms with Crippen LogP contribution in [0.3, 0.4) is 0 Å². The van der Waals surface area contributed by atoms with Crippen molar-refractivity contribution in [2.75, 3.05) is 13.1 Å². The number of likely N-dealkylation sites (tertiary alicyclic amines) is 1. The number of amides is 1. The van der Waals surface area contributed by atoms with Gasteiger partial charge >= 0.3 is 0 Å². The summed E-state index contributed by atoms with van der Waals surface area (Å²) >= 11 is 1.65. The third-order valence-electron chi connectivity index (χ3n) is 4.20. The molecule has 2 aromatic heterocycles. The Balaban J connectivity index is 1.63. The summed E-state index contributed by atoms with van der Waals surface area (Å²) in [5.41, 5.74) is 0. The van der Waals surface area contributed by atoms with Crippen molar-refractivity contribution >= 4 is 17.2 Å². The van der Waals surface area contributed by atoms with E-state index in [1.54, 1.807) is 17.5 Å². The monoisotopic (exact) mass is 333 g/mol. The number of thiophene rings is 1. The minimum Gasteiger partial charge on any atom is -0.438 e. The molecule has 0 saturated carbocycles. The van der Waals surface area contributed by atoms with Crippen molar-refractivity contribution in [1.82, 2.24) is 15.2 Å². The smallest absolute Gasteiger partial charge is 0.221 e. The number of aromatic nitrogens is 1. The van der Waals surface area contributed by atoms with E-state index < -0.39 is 0 Å². The van der Waals surface area contributed by atoms with Crippen LogP contribution in [0.1, 0.15) is 38.5 Å². The van der Waals surface area contributed by atoms with E-state index in [0.717, 1.165) is 29.5 Å². The maximum absolute atomic E-state index is 11.9. The number of carbonyl (C=O) groups excluding carboxylic acids is 1. The van der Waals surface area contributed by atoms with Crippen LogP contribution in [0.5, 0.6) is 0 Å². The van der Waals surface area contributed by atoms with Crippen LogP contribution >= 0.6 is 11.3 Å². The molecule has 2 aromatic rings. The fourth-order valence-electron chi connectivity index (χ4n) is 3.07. The highest BCUT2D eigenvalue weighted by molar-refractivity contribution is 7.13. The van der Waals surface area contributed by atoms with Crippen LogP contribution in [-0.2, 0) is 11.3 Å². The number of oxazole rings is 1. The van der Waals surface area contributed by atoms with Crippen LogP contribution in [0.4, 0.5) is 0 Å². The highest BCUT2D eigenvalue weighted by atomic mass is 32.1. The average molecular weight is 333 g/mol. The topological polar surface area (TPSA) is 58.4 Å². The van der Waals surface area contributed by atoms with Crippen LogP contribution in [-0.4, -0.2) is 34.9 Å². The third kappa shape index (κ3) is 4.20. The van der Waals surface area contributed by atoms with E-state index in [2.05, 4.69) is 15.2 Å². The second kappa shape index (κ2) is 7.75. The minimum absolute atomic E-state index is 0.135. The van der Waals surface area contributed by atoms with Crippen molar-refractivity contribution < 1.29 is 9.21 Å². The molecule has 1 atom stereocenters. The Morgan fingerprint density at radius 1 is 1.52 bits per heavy atom. The lowest BCUT2D eigenvalue weighted by Crippen LogP contribution is -2.42. The van der Waals surface area contributed by atoms with Gasteiger partial charge in [0, 0.05) is 19.0 Å². The largest absolute Gasteiger partial charge is 0.438 e. The number of carbonyl (C=O) groups is 1. The molecule has 0 aromatic carbocycles. The van der Waals surface area contributed by atoms with Gasteiger partial charge in [0.15, 0.2) is 5.76 Å². The molecule has 1 N–H and O–H groups in total. The van der Waals surface area contributed by atoms with Gasteiger partial charge in [0.25, 0.3) is 0 Å². The summed E-state index contributed by atoms with van der Waals surface area (Å²) in [4.78, 5) is 19.7. The minimum atomic E-state index is 0.135. The van der Waals surface area contributed by atoms with Gasteiger partial charge in [-0.2, -0.15) is 0 Å². The first kappa shape index (κ1) is 16.2. The first-order valence-corrected chi connectivity index (χ1v) is 9.13. The summed E-state index contributed by atoms with van der Waals surface area (Å²) < 4.78 is 5.89. The van der Waals surface area contributed by atoms with E-state index in [0.29, 0.717) is 19.5 Å². The van der Waals surface area contributed by atoms with Gasteiger partial charge in [-0.15, -0.1) is 11.3 Å². The summed E-state index contributed by atoms with van der Waals surface area (Å²) in [7, 11) is 0. The molecule has 1 fully saturated rings. The molecule has 0 aliphatic carbocycles. The molecule has 0 radical (unpaired) electrons. The molecule has 6 heteroatoms. The summed E-state index contributed by atoms with van der Waals surface area (Å²) in [6.45, 7) is 4.32. The Labute approximate surface area is 140 Å². The Morgan fingerprint density at radius 3 is 3.22 bits per heavy atom. The van der Waals surface area contributed by atoms with E-state index >= 15 is 0 Å². The number of rotatable bonds is 6. The van der Waals surface area contributed by atoms with Crippen LogP contribution < -0.4 is 5.32 Å².